The van der Waals surface area contributed by atoms with Gasteiger partial charge in [0.15, 0.2) is 12.6 Å². The summed E-state index contributed by atoms with van der Waals surface area (Å²) in [6.45, 7) is 17.8. The van der Waals surface area contributed by atoms with E-state index in [1.54, 1.807) is 41.7 Å². The highest BCUT2D eigenvalue weighted by molar-refractivity contribution is 5.88. The number of aliphatic hydroxyl groups excluding tert-OH is 3. The summed E-state index contributed by atoms with van der Waals surface area (Å²) in [6, 6.07) is -0.266. The van der Waals surface area contributed by atoms with Crippen molar-refractivity contribution < 1.29 is 63.2 Å². The number of hydrogen-bond donors (Lipinski definition) is 4. The molecule has 18 atom stereocenters. The van der Waals surface area contributed by atoms with Crippen molar-refractivity contribution in [3.05, 3.63) is 0 Å². The fourth-order valence-corrected chi connectivity index (χ4v) is 8.87. The van der Waals surface area contributed by atoms with E-state index in [0.717, 1.165) is 0 Å². The smallest absolute Gasteiger partial charge is 0.311 e. The van der Waals surface area contributed by atoms with E-state index in [4.69, 9.17) is 38.0 Å². The average molecular weight is 777 g/mol. The van der Waals surface area contributed by atoms with Crippen molar-refractivity contribution in [1.29, 1.82) is 0 Å². The standard InChI is InChI=1S/C39H72N2O13/c1-16-27-39(10,46)32(43)22(4)29(40-49-15)20(2)18-38(9,48-14)34(54-36-30(42)26(41(11)12)17-21(3)50-36)23(5)31(24(6)35(45)52-27)53-28-19-37(8,47-13)33(44)25(7)51-28/h20-28,30-34,36,42-44,46H,16-19H2,1-15H3/t20-,21-,22+,23+,24-,25+,26+,27-,28+,30-,31+,32-,33+,34-,36+,37-,38-,39-/m1/s1. The highest BCUT2D eigenvalue weighted by Gasteiger charge is 2.54. The number of esters is 1. The van der Waals surface area contributed by atoms with Gasteiger partial charge in [0.05, 0.1) is 53.4 Å². The van der Waals surface area contributed by atoms with E-state index in [2.05, 4.69) is 5.16 Å². The molecule has 0 aromatic carbocycles. The van der Waals surface area contributed by atoms with Crippen LogP contribution in [0.2, 0.25) is 0 Å². The van der Waals surface area contributed by atoms with Crippen molar-refractivity contribution in [3.63, 3.8) is 0 Å². The summed E-state index contributed by atoms with van der Waals surface area (Å²) in [7, 11) is 8.29. The molecule has 3 saturated heterocycles. The van der Waals surface area contributed by atoms with Crippen LogP contribution in [0.3, 0.4) is 0 Å². The maximum absolute atomic E-state index is 14.3. The van der Waals surface area contributed by atoms with Crippen molar-refractivity contribution in [2.45, 2.75) is 179 Å². The van der Waals surface area contributed by atoms with E-state index in [-0.39, 0.29) is 31.4 Å². The quantitative estimate of drug-likeness (QED) is 0.198. The lowest BCUT2D eigenvalue weighted by atomic mass is 9.73. The van der Waals surface area contributed by atoms with E-state index in [9.17, 15) is 25.2 Å². The summed E-state index contributed by atoms with van der Waals surface area (Å²) in [6.07, 6.45) is -8.10. The third-order valence-corrected chi connectivity index (χ3v) is 12.5. The summed E-state index contributed by atoms with van der Waals surface area (Å²) in [5.41, 5.74) is -3.61. The monoisotopic (exact) mass is 777 g/mol. The number of ether oxygens (including phenoxy) is 7. The van der Waals surface area contributed by atoms with Crippen LogP contribution >= 0.6 is 0 Å². The van der Waals surface area contributed by atoms with Crippen molar-refractivity contribution in [2.24, 2.45) is 28.8 Å². The molecule has 15 heteroatoms. The van der Waals surface area contributed by atoms with Crippen molar-refractivity contribution in [2.75, 3.05) is 35.4 Å². The van der Waals surface area contributed by atoms with Gasteiger partial charge in [0, 0.05) is 44.4 Å². The Hall–Kier alpha value is -1.50. The van der Waals surface area contributed by atoms with Gasteiger partial charge in [0.25, 0.3) is 0 Å². The molecule has 3 aliphatic rings. The third-order valence-electron chi connectivity index (χ3n) is 12.5. The van der Waals surface area contributed by atoms with Crippen LogP contribution in [0, 0.1) is 23.7 Å². The normalized spacial score (nSPS) is 48.3. The molecular weight excluding hydrogens is 704 g/mol. The minimum Gasteiger partial charge on any atom is -0.459 e. The zero-order valence-corrected chi connectivity index (χ0v) is 35.3. The van der Waals surface area contributed by atoms with E-state index >= 15 is 0 Å². The van der Waals surface area contributed by atoms with Crippen molar-refractivity contribution >= 4 is 11.7 Å². The first-order chi connectivity index (χ1) is 25.0. The van der Waals surface area contributed by atoms with Crippen LogP contribution < -0.4 is 0 Å². The molecule has 4 N–H and O–H groups in total. The van der Waals surface area contributed by atoms with E-state index in [0.29, 0.717) is 12.1 Å². The first-order valence-corrected chi connectivity index (χ1v) is 19.5. The Morgan fingerprint density at radius 2 is 1.48 bits per heavy atom. The number of hydrogen-bond acceptors (Lipinski definition) is 15. The summed E-state index contributed by atoms with van der Waals surface area (Å²) in [5, 5.41) is 50.6. The molecule has 0 aromatic heterocycles. The van der Waals surface area contributed by atoms with Gasteiger partial charge in [0.2, 0.25) is 0 Å². The number of likely N-dealkylation sites (N-methyl/N-ethyl adjacent to an activating group) is 1. The molecule has 316 valence electrons. The number of carbonyl (C=O) groups is 1. The molecule has 0 aliphatic carbocycles. The van der Waals surface area contributed by atoms with Gasteiger partial charge < -0.3 is 63.3 Å². The predicted octanol–water partition coefficient (Wildman–Crippen LogP) is 2.87. The Bertz CT molecular complexity index is 1240. The molecule has 54 heavy (non-hydrogen) atoms. The molecular formula is C39H72N2O13. The first-order valence-electron chi connectivity index (χ1n) is 19.5. The predicted molar refractivity (Wildman–Crippen MR) is 200 cm³/mol. The second kappa shape index (κ2) is 18.8. The van der Waals surface area contributed by atoms with Crippen LogP contribution in [0.15, 0.2) is 5.16 Å². The molecule has 0 aromatic rings. The third kappa shape index (κ3) is 9.95. The fourth-order valence-electron chi connectivity index (χ4n) is 8.87. The lowest BCUT2D eigenvalue weighted by Crippen LogP contribution is -2.61. The largest absolute Gasteiger partial charge is 0.459 e. The molecule has 3 heterocycles. The molecule has 0 unspecified atom stereocenters. The molecule has 0 amide bonds. The Labute approximate surface area is 322 Å². The van der Waals surface area contributed by atoms with E-state index in [1.807, 2.05) is 46.7 Å². The average Bonchev–Trinajstić information content (AvgIpc) is 3.11. The molecule has 0 spiro atoms. The second-order valence-electron chi connectivity index (χ2n) is 16.9. The van der Waals surface area contributed by atoms with Crippen LogP contribution in [-0.2, 0) is 42.8 Å². The molecule has 15 nitrogen and oxygen atoms in total. The Kier molecular flexibility index (Phi) is 16.4. The van der Waals surface area contributed by atoms with Gasteiger partial charge in [-0.1, -0.05) is 32.9 Å². The number of oxime groups is 1. The maximum atomic E-state index is 14.3. The minimum absolute atomic E-state index is 0.143. The molecule has 0 bridgehead atoms. The van der Waals surface area contributed by atoms with Crippen LogP contribution in [0.4, 0.5) is 0 Å². The lowest BCUT2D eigenvalue weighted by molar-refractivity contribution is -0.319. The van der Waals surface area contributed by atoms with Gasteiger partial charge in [-0.05, 0) is 74.9 Å². The highest BCUT2D eigenvalue weighted by Crippen LogP contribution is 2.42. The number of aliphatic hydroxyl groups is 4. The topological polar surface area (TPSA) is 187 Å². The van der Waals surface area contributed by atoms with Gasteiger partial charge in [-0.15, -0.1) is 0 Å². The minimum atomic E-state index is -1.88. The van der Waals surface area contributed by atoms with E-state index < -0.39 is 102 Å². The van der Waals surface area contributed by atoms with Gasteiger partial charge in [-0.2, -0.15) is 0 Å². The SMILES string of the molecule is CC[C@H]1OC(=O)[C@H](C)[C@@H](O[C@H]2C[C@@](C)(OC)[C@@H](O)[C@H](C)O2)[C@H](C)[C@@H](O[C@@H]2O[C@H](C)C[C@H](N(C)C)[C@H]2O)[C@](C)(OC)C[C@@H](C)C(=NOC)[C@H](C)[C@@H](O)[C@]1(C)O. The van der Waals surface area contributed by atoms with Crippen LogP contribution in [-0.4, -0.2) is 157 Å². The number of cyclic esters (lactones) is 1. The van der Waals surface area contributed by atoms with Crippen molar-refractivity contribution in [3.8, 4) is 0 Å². The Balaban J connectivity index is 2.27. The molecule has 3 rings (SSSR count). The first kappa shape index (κ1) is 46.9. The Morgan fingerprint density at radius 1 is 0.870 bits per heavy atom. The van der Waals surface area contributed by atoms with Gasteiger partial charge in [0.1, 0.15) is 31.0 Å². The summed E-state index contributed by atoms with van der Waals surface area (Å²) in [4.78, 5) is 21.5. The second-order valence-corrected chi connectivity index (χ2v) is 16.9. The maximum Gasteiger partial charge on any atom is 0.311 e. The van der Waals surface area contributed by atoms with Crippen LogP contribution in [0.5, 0.6) is 0 Å². The highest BCUT2D eigenvalue weighted by atomic mass is 16.7. The van der Waals surface area contributed by atoms with Gasteiger partial charge >= 0.3 is 5.97 Å². The van der Waals surface area contributed by atoms with Gasteiger partial charge in [-0.3, -0.25) is 4.79 Å². The number of carbonyl (C=O) groups excluding carboxylic acids is 1. The zero-order chi connectivity index (χ0) is 41.1. The molecule has 0 radical (unpaired) electrons. The van der Waals surface area contributed by atoms with Crippen molar-refractivity contribution in [1.82, 2.24) is 4.90 Å². The molecule has 0 saturated carbocycles. The lowest BCUT2D eigenvalue weighted by Gasteiger charge is -2.50. The van der Waals surface area contributed by atoms with Crippen LogP contribution in [0.1, 0.15) is 94.9 Å². The summed E-state index contributed by atoms with van der Waals surface area (Å²) in [5.74, 6) is -3.49. The molecule has 3 fully saturated rings. The van der Waals surface area contributed by atoms with Crippen LogP contribution in [0.25, 0.3) is 0 Å². The molecule has 3 aliphatic heterocycles. The zero-order valence-electron chi connectivity index (χ0n) is 35.3. The van der Waals surface area contributed by atoms with Gasteiger partial charge in [-0.25, -0.2) is 0 Å². The fraction of sp³-hybridized carbons (Fsp3) is 0.949. The summed E-state index contributed by atoms with van der Waals surface area (Å²) < 4.78 is 44.4. The van der Waals surface area contributed by atoms with E-state index in [1.165, 1.54) is 21.1 Å². The number of rotatable bonds is 9. The summed E-state index contributed by atoms with van der Waals surface area (Å²) >= 11 is 0. The Morgan fingerprint density at radius 3 is 2.02 bits per heavy atom. The number of methoxy groups -OCH3 is 2. The number of nitrogens with zero attached hydrogens (tertiary/aromatic N) is 2.